The van der Waals surface area contributed by atoms with Gasteiger partial charge < -0.3 is 4.74 Å². The van der Waals surface area contributed by atoms with Crippen LogP contribution in [0.2, 0.25) is 0 Å². The van der Waals surface area contributed by atoms with Crippen molar-refractivity contribution in [1.29, 1.82) is 0 Å². The molecule has 28 heavy (non-hydrogen) atoms. The zero-order valence-electron chi connectivity index (χ0n) is 16.6. The van der Waals surface area contributed by atoms with Crippen LogP contribution in [0.25, 0.3) is 6.08 Å². The highest BCUT2D eigenvalue weighted by Gasteiger charge is 2.32. The molecule has 0 aliphatic carbocycles. The van der Waals surface area contributed by atoms with E-state index in [1.54, 1.807) is 35.5 Å². The number of hydrogen-bond acceptors (Lipinski definition) is 5. The standard InChI is InChI=1S/C22H24N2O2S2/c1-15-11-16(2)13-18(12-15)24-21(25)20(23-22(24)28-10-9-27-4)14-17-5-7-19(26-3)8-6-17/h5-8,11-14H,9-10H2,1-4H3/b20-14-. The first kappa shape index (κ1) is 20.6. The first-order valence-electron chi connectivity index (χ1n) is 9.01. The number of benzene rings is 2. The van der Waals surface area contributed by atoms with Gasteiger partial charge in [-0.2, -0.15) is 11.8 Å². The SMILES string of the molecule is COc1ccc(/C=C2\N=C(SCCSC)N(c3cc(C)cc(C)c3)C2=O)cc1. The number of carbonyl (C=O) groups excluding carboxylic acids is 1. The summed E-state index contributed by atoms with van der Waals surface area (Å²) in [6.45, 7) is 4.09. The van der Waals surface area contributed by atoms with Crippen LogP contribution < -0.4 is 9.64 Å². The van der Waals surface area contributed by atoms with E-state index in [1.165, 1.54) is 0 Å². The second-order valence-electron chi connectivity index (χ2n) is 6.52. The molecule has 0 unspecified atom stereocenters. The van der Waals surface area contributed by atoms with Gasteiger partial charge >= 0.3 is 0 Å². The number of aryl methyl sites for hydroxylation is 2. The average Bonchev–Trinajstić information content (AvgIpc) is 2.97. The lowest BCUT2D eigenvalue weighted by Gasteiger charge is -2.19. The van der Waals surface area contributed by atoms with Gasteiger partial charge in [0.25, 0.3) is 5.91 Å². The molecule has 0 saturated carbocycles. The summed E-state index contributed by atoms with van der Waals surface area (Å²) >= 11 is 3.41. The molecule has 1 aliphatic rings. The second-order valence-corrected chi connectivity index (χ2v) is 8.57. The molecule has 146 valence electrons. The number of ether oxygens (including phenoxy) is 1. The van der Waals surface area contributed by atoms with Crippen LogP contribution in [-0.4, -0.2) is 35.9 Å². The minimum absolute atomic E-state index is 0.0903. The molecule has 1 aliphatic heterocycles. The molecule has 1 heterocycles. The van der Waals surface area contributed by atoms with Gasteiger partial charge in [-0.05, 0) is 67.1 Å². The molecule has 4 nitrogen and oxygen atoms in total. The van der Waals surface area contributed by atoms with E-state index in [0.29, 0.717) is 5.70 Å². The molecule has 0 spiro atoms. The third-order valence-corrected chi connectivity index (χ3v) is 6.04. The molecular weight excluding hydrogens is 388 g/mol. The van der Waals surface area contributed by atoms with Crippen LogP contribution in [0.15, 0.2) is 53.2 Å². The molecule has 0 saturated heterocycles. The van der Waals surface area contributed by atoms with Crippen LogP contribution in [0.5, 0.6) is 5.75 Å². The third kappa shape index (κ3) is 4.80. The zero-order chi connectivity index (χ0) is 20.1. The number of rotatable bonds is 6. The Hall–Kier alpha value is -2.18. The number of hydrogen-bond donors (Lipinski definition) is 0. The highest BCUT2D eigenvalue weighted by Crippen LogP contribution is 2.31. The van der Waals surface area contributed by atoms with Gasteiger partial charge in [0.2, 0.25) is 0 Å². The smallest absolute Gasteiger partial charge is 0.283 e. The van der Waals surface area contributed by atoms with Crippen LogP contribution >= 0.6 is 23.5 Å². The van der Waals surface area contributed by atoms with Crippen molar-refractivity contribution >= 4 is 46.4 Å². The summed E-state index contributed by atoms with van der Waals surface area (Å²) in [5.41, 5.74) is 4.50. The first-order valence-corrected chi connectivity index (χ1v) is 11.4. The summed E-state index contributed by atoms with van der Waals surface area (Å²) in [5, 5.41) is 0.740. The fraction of sp³-hybridized carbons (Fsp3) is 0.273. The van der Waals surface area contributed by atoms with Gasteiger partial charge in [0.1, 0.15) is 11.4 Å². The predicted octanol–water partition coefficient (Wildman–Crippen LogP) is 5.15. The van der Waals surface area contributed by atoms with E-state index < -0.39 is 0 Å². The summed E-state index contributed by atoms with van der Waals surface area (Å²) in [6.07, 6.45) is 3.92. The topological polar surface area (TPSA) is 41.9 Å². The number of methoxy groups -OCH3 is 1. The molecule has 0 fully saturated rings. The quantitative estimate of drug-likeness (QED) is 0.486. The second kappa shape index (κ2) is 9.34. The Bertz CT molecular complexity index is 900. The Morgan fingerprint density at radius 2 is 1.75 bits per heavy atom. The van der Waals surface area contributed by atoms with Gasteiger partial charge in [-0.25, -0.2) is 4.99 Å². The lowest BCUT2D eigenvalue weighted by Crippen LogP contribution is -2.30. The van der Waals surface area contributed by atoms with E-state index in [-0.39, 0.29) is 5.91 Å². The Morgan fingerprint density at radius 3 is 2.36 bits per heavy atom. The van der Waals surface area contributed by atoms with Crippen molar-refractivity contribution in [3.05, 3.63) is 64.9 Å². The van der Waals surface area contributed by atoms with Crippen molar-refractivity contribution in [3.63, 3.8) is 0 Å². The van der Waals surface area contributed by atoms with E-state index in [9.17, 15) is 4.79 Å². The van der Waals surface area contributed by atoms with Crippen molar-refractivity contribution < 1.29 is 9.53 Å². The summed E-state index contributed by atoms with van der Waals surface area (Å²) in [7, 11) is 1.64. The maximum atomic E-state index is 13.2. The number of anilines is 1. The number of carbonyl (C=O) groups is 1. The summed E-state index contributed by atoms with van der Waals surface area (Å²) in [4.78, 5) is 19.6. The third-order valence-electron chi connectivity index (χ3n) is 4.23. The van der Waals surface area contributed by atoms with Crippen molar-refractivity contribution in [3.8, 4) is 5.75 Å². The van der Waals surface area contributed by atoms with Gasteiger partial charge in [-0.1, -0.05) is 30.0 Å². The normalized spacial score (nSPS) is 15.3. The molecule has 0 N–H and O–H groups in total. The van der Waals surface area contributed by atoms with Gasteiger partial charge in [0.15, 0.2) is 5.17 Å². The van der Waals surface area contributed by atoms with E-state index in [2.05, 4.69) is 17.3 Å². The molecule has 6 heteroatoms. The van der Waals surface area contributed by atoms with Crippen LogP contribution in [0.1, 0.15) is 16.7 Å². The largest absolute Gasteiger partial charge is 0.497 e. The van der Waals surface area contributed by atoms with Gasteiger partial charge in [0.05, 0.1) is 12.8 Å². The van der Waals surface area contributed by atoms with Crippen molar-refractivity contribution in [2.45, 2.75) is 13.8 Å². The fourth-order valence-corrected chi connectivity index (χ4v) is 4.64. The molecular formula is C22H24N2O2S2. The zero-order valence-corrected chi connectivity index (χ0v) is 18.2. The number of aliphatic imine (C=N–C) groups is 1. The van der Waals surface area contributed by atoms with Crippen molar-refractivity contribution in [2.75, 3.05) is 29.8 Å². The summed E-state index contributed by atoms with van der Waals surface area (Å²) in [5.74, 6) is 2.61. The molecule has 2 aromatic rings. The van der Waals surface area contributed by atoms with E-state index in [0.717, 1.165) is 44.8 Å². The molecule has 2 aromatic carbocycles. The minimum Gasteiger partial charge on any atom is -0.497 e. The molecule has 0 atom stereocenters. The Kier molecular flexibility index (Phi) is 6.86. The van der Waals surface area contributed by atoms with E-state index in [1.807, 2.05) is 56.3 Å². The number of amides is 1. The molecule has 3 rings (SSSR count). The Labute approximate surface area is 175 Å². The highest BCUT2D eigenvalue weighted by atomic mass is 32.2. The fourth-order valence-electron chi connectivity index (χ4n) is 2.97. The van der Waals surface area contributed by atoms with Crippen LogP contribution in [0.4, 0.5) is 5.69 Å². The highest BCUT2D eigenvalue weighted by molar-refractivity contribution is 8.15. The molecule has 0 bridgehead atoms. The lowest BCUT2D eigenvalue weighted by atomic mass is 10.1. The van der Waals surface area contributed by atoms with Crippen LogP contribution in [0.3, 0.4) is 0 Å². The monoisotopic (exact) mass is 412 g/mol. The summed E-state index contributed by atoms with van der Waals surface area (Å²) < 4.78 is 5.20. The van der Waals surface area contributed by atoms with E-state index in [4.69, 9.17) is 4.74 Å². The number of thioether (sulfide) groups is 2. The lowest BCUT2D eigenvalue weighted by molar-refractivity contribution is -0.113. The minimum atomic E-state index is -0.0903. The van der Waals surface area contributed by atoms with Gasteiger partial charge in [0, 0.05) is 11.5 Å². The number of amidine groups is 1. The Balaban J connectivity index is 1.95. The number of nitrogens with zero attached hydrogens (tertiary/aromatic N) is 2. The maximum Gasteiger partial charge on any atom is 0.283 e. The van der Waals surface area contributed by atoms with E-state index >= 15 is 0 Å². The molecule has 0 radical (unpaired) electrons. The van der Waals surface area contributed by atoms with Gasteiger partial charge in [-0.15, -0.1) is 0 Å². The van der Waals surface area contributed by atoms with Crippen molar-refractivity contribution in [2.24, 2.45) is 4.99 Å². The summed E-state index contributed by atoms with van der Waals surface area (Å²) in [6, 6.07) is 13.8. The predicted molar refractivity (Wildman–Crippen MR) is 123 cm³/mol. The molecule has 0 aromatic heterocycles. The van der Waals surface area contributed by atoms with Gasteiger partial charge in [-0.3, -0.25) is 9.69 Å². The van der Waals surface area contributed by atoms with Crippen LogP contribution in [-0.2, 0) is 4.79 Å². The Morgan fingerprint density at radius 1 is 1.07 bits per heavy atom. The average molecular weight is 413 g/mol. The maximum absolute atomic E-state index is 13.2. The van der Waals surface area contributed by atoms with Crippen molar-refractivity contribution in [1.82, 2.24) is 0 Å². The molecule has 1 amide bonds. The van der Waals surface area contributed by atoms with Crippen LogP contribution in [0, 0.1) is 13.8 Å². The first-order chi connectivity index (χ1) is 13.5.